The molecule has 0 unspecified atom stereocenters. The summed E-state index contributed by atoms with van der Waals surface area (Å²) < 4.78 is 7.35. The van der Waals surface area contributed by atoms with Gasteiger partial charge in [-0.25, -0.2) is 0 Å². The summed E-state index contributed by atoms with van der Waals surface area (Å²) in [6.45, 7) is 2.77. The predicted molar refractivity (Wildman–Crippen MR) is 134 cm³/mol. The number of hydrogen-bond acceptors (Lipinski definition) is 6. The summed E-state index contributed by atoms with van der Waals surface area (Å²) in [5, 5.41) is 9.58. The molecule has 2 aromatic heterocycles. The summed E-state index contributed by atoms with van der Waals surface area (Å²) >= 11 is 1.40. The molecule has 0 atom stereocenters. The van der Waals surface area contributed by atoms with Crippen molar-refractivity contribution in [3.8, 4) is 22.8 Å². The van der Waals surface area contributed by atoms with Gasteiger partial charge >= 0.3 is 0 Å². The Bertz CT molecular complexity index is 1300. The van der Waals surface area contributed by atoms with Crippen LogP contribution < -0.4 is 9.64 Å². The molecule has 0 fully saturated rings. The Balaban J connectivity index is 1.42. The smallest absolute Gasteiger partial charge is 0.237 e. The number of rotatable bonds is 6. The van der Waals surface area contributed by atoms with Crippen LogP contribution in [-0.2, 0) is 11.2 Å². The Morgan fingerprint density at radius 3 is 2.62 bits per heavy atom. The van der Waals surface area contributed by atoms with Crippen LogP contribution >= 0.6 is 11.8 Å². The van der Waals surface area contributed by atoms with Crippen molar-refractivity contribution >= 4 is 23.4 Å². The number of benzene rings is 2. The van der Waals surface area contributed by atoms with Gasteiger partial charge in [0, 0.05) is 35.9 Å². The third-order valence-electron chi connectivity index (χ3n) is 5.90. The molecule has 0 saturated heterocycles. The van der Waals surface area contributed by atoms with Crippen molar-refractivity contribution in [1.29, 1.82) is 0 Å². The standard InChI is InChI=1S/C26H25N5O2S/c1-18-5-7-21(8-6-18)31-25(19-11-13-27-14-12-19)28-29-26(31)34-17-24(32)30-15-3-4-20-16-22(33-2)9-10-23(20)30/h5-14,16H,3-4,15,17H2,1-2H3. The highest BCUT2D eigenvalue weighted by Gasteiger charge is 2.24. The largest absolute Gasteiger partial charge is 0.497 e. The number of pyridine rings is 1. The van der Waals surface area contributed by atoms with Gasteiger partial charge < -0.3 is 9.64 Å². The molecule has 1 aliphatic heterocycles. The number of aryl methyl sites for hydroxylation is 2. The third-order valence-corrected chi connectivity index (χ3v) is 6.81. The molecule has 172 valence electrons. The zero-order valence-corrected chi connectivity index (χ0v) is 20.0. The van der Waals surface area contributed by atoms with E-state index in [1.54, 1.807) is 19.5 Å². The molecule has 0 spiro atoms. The molecule has 34 heavy (non-hydrogen) atoms. The molecule has 5 rings (SSSR count). The number of thioether (sulfide) groups is 1. The number of aromatic nitrogens is 4. The number of carbonyl (C=O) groups excluding carboxylic acids is 1. The number of carbonyl (C=O) groups is 1. The van der Waals surface area contributed by atoms with Crippen LogP contribution in [0, 0.1) is 6.92 Å². The van der Waals surface area contributed by atoms with Gasteiger partial charge in [-0.2, -0.15) is 0 Å². The molecule has 7 nitrogen and oxygen atoms in total. The minimum absolute atomic E-state index is 0.0556. The van der Waals surface area contributed by atoms with E-state index in [0.29, 0.717) is 11.7 Å². The van der Waals surface area contributed by atoms with Gasteiger partial charge in [-0.15, -0.1) is 10.2 Å². The number of amides is 1. The highest BCUT2D eigenvalue weighted by molar-refractivity contribution is 7.99. The first-order chi connectivity index (χ1) is 16.6. The summed E-state index contributed by atoms with van der Waals surface area (Å²) in [4.78, 5) is 19.3. The lowest BCUT2D eigenvalue weighted by atomic mass is 10.0. The average molecular weight is 472 g/mol. The number of methoxy groups -OCH3 is 1. The van der Waals surface area contributed by atoms with Crippen LogP contribution in [0.2, 0.25) is 0 Å². The lowest BCUT2D eigenvalue weighted by molar-refractivity contribution is -0.116. The maximum Gasteiger partial charge on any atom is 0.237 e. The summed E-state index contributed by atoms with van der Waals surface area (Å²) in [6.07, 6.45) is 5.36. The number of nitrogens with zero attached hydrogens (tertiary/aromatic N) is 5. The van der Waals surface area contributed by atoms with Gasteiger partial charge in [0.05, 0.1) is 12.9 Å². The molecule has 0 radical (unpaired) electrons. The second kappa shape index (κ2) is 9.69. The summed E-state index contributed by atoms with van der Waals surface area (Å²) in [5.41, 5.74) is 5.15. The predicted octanol–water partition coefficient (Wildman–Crippen LogP) is 4.72. The third kappa shape index (κ3) is 4.41. The van der Waals surface area contributed by atoms with E-state index in [-0.39, 0.29) is 11.7 Å². The van der Waals surface area contributed by atoms with Crippen molar-refractivity contribution in [1.82, 2.24) is 19.7 Å². The number of fused-ring (bicyclic) bond motifs is 1. The summed E-state index contributed by atoms with van der Waals surface area (Å²) in [5.74, 6) is 1.86. The van der Waals surface area contributed by atoms with Gasteiger partial charge in [0.15, 0.2) is 11.0 Å². The van der Waals surface area contributed by atoms with Gasteiger partial charge in [0.2, 0.25) is 5.91 Å². The lowest BCUT2D eigenvalue weighted by Crippen LogP contribution is -2.36. The van der Waals surface area contributed by atoms with Crippen molar-refractivity contribution < 1.29 is 9.53 Å². The van der Waals surface area contributed by atoms with E-state index in [4.69, 9.17) is 4.74 Å². The molecule has 1 aliphatic rings. The summed E-state index contributed by atoms with van der Waals surface area (Å²) in [6, 6.07) is 17.9. The first kappa shape index (κ1) is 22.2. The molecule has 3 heterocycles. The van der Waals surface area contributed by atoms with E-state index < -0.39 is 0 Å². The second-order valence-corrected chi connectivity index (χ2v) is 9.09. The van der Waals surface area contributed by atoms with Gasteiger partial charge in [0.1, 0.15) is 5.75 Å². The fourth-order valence-electron chi connectivity index (χ4n) is 4.14. The molecule has 0 bridgehead atoms. The maximum absolute atomic E-state index is 13.3. The van der Waals surface area contributed by atoms with Crippen LogP contribution in [-0.4, -0.2) is 45.1 Å². The lowest BCUT2D eigenvalue weighted by Gasteiger charge is -2.29. The molecular formula is C26H25N5O2S. The summed E-state index contributed by atoms with van der Waals surface area (Å²) in [7, 11) is 1.66. The van der Waals surface area contributed by atoms with E-state index in [1.807, 2.05) is 51.9 Å². The van der Waals surface area contributed by atoms with E-state index >= 15 is 0 Å². The van der Waals surface area contributed by atoms with Crippen LogP contribution in [0.5, 0.6) is 5.75 Å². The van der Waals surface area contributed by atoms with Crippen molar-refractivity contribution in [2.45, 2.75) is 24.9 Å². The van der Waals surface area contributed by atoms with Gasteiger partial charge in [-0.3, -0.25) is 14.3 Å². The molecule has 4 aromatic rings. The van der Waals surface area contributed by atoms with Crippen molar-refractivity contribution in [3.63, 3.8) is 0 Å². The molecule has 2 aromatic carbocycles. The van der Waals surface area contributed by atoms with Crippen LogP contribution in [0.25, 0.3) is 17.1 Å². The van der Waals surface area contributed by atoms with Crippen molar-refractivity contribution in [2.75, 3.05) is 24.3 Å². The van der Waals surface area contributed by atoms with E-state index in [0.717, 1.165) is 46.9 Å². The molecule has 0 N–H and O–H groups in total. The van der Waals surface area contributed by atoms with Crippen LogP contribution in [0.3, 0.4) is 0 Å². The first-order valence-electron chi connectivity index (χ1n) is 11.2. The zero-order valence-electron chi connectivity index (χ0n) is 19.1. The zero-order chi connectivity index (χ0) is 23.5. The Labute approximate surface area is 202 Å². The van der Waals surface area contributed by atoms with E-state index in [1.165, 1.54) is 17.3 Å². The van der Waals surface area contributed by atoms with Crippen LogP contribution in [0.15, 0.2) is 72.1 Å². The number of hydrogen-bond donors (Lipinski definition) is 0. The SMILES string of the molecule is COc1ccc2c(c1)CCCN2C(=O)CSc1nnc(-c2ccncc2)n1-c1ccc(C)cc1. The van der Waals surface area contributed by atoms with Crippen LogP contribution in [0.4, 0.5) is 5.69 Å². The Morgan fingerprint density at radius 2 is 1.85 bits per heavy atom. The quantitative estimate of drug-likeness (QED) is 0.379. The van der Waals surface area contributed by atoms with E-state index in [9.17, 15) is 4.79 Å². The molecule has 0 aliphatic carbocycles. The van der Waals surface area contributed by atoms with Gasteiger partial charge in [0.25, 0.3) is 0 Å². The molecular weight excluding hydrogens is 446 g/mol. The number of anilines is 1. The Kier molecular flexibility index (Phi) is 6.31. The highest BCUT2D eigenvalue weighted by atomic mass is 32.2. The molecule has 8 heteroatoms. The fourth-order valence-corrected chi connectivity index (χ4v) is 4.97. The first-order valence-corrected chi connectivity index (χ1v) is 12.2. The van der Waals surface area contributed by atoms with Crippen LogP contribution in [0.1, 0.15) is 17.5 Å². The van der Waals surface area contributed by atoms with Crippen molar-refractivity contribution in [3.05, 3.63) is 78.1 Å². The highest BCUT2D eigenvalue weighted by Crippen LogP contribution is 2.32. The number of ether oxygens (including phenoxy) is 1. The fraction of sp³-hybridized carbons (Fsp3) is 0.231. The van der Waals surface area contributed by atoms with Gasteiger partial charge in [-0.05, 0) is 67.8 Å². The minimum atomic E-state index is 0.0556. The van der Waals surface area contributed by atoms with Crippen molar-refractivity contribution in [2.24, 2.45) is 0 Å². The molecule has 1 amide bonds. The van der Waals surface area contributed by atoms with Gasteiger partial charge in [-0.1, -0.05) is 29.5 Å². The molecule has 0 saturated carbocycles. The maximum atomic E-state index is 13.3. The average Bonchev–Trinajstić information content (AvgIpc) is 3.31. The second-order valence-electron chi connectivity index (χ2n) is 8.15. The minimum Gasteiger partial charge on any atom is -0.497 e. The topological polar surface area (TPSA) is 73.1 Å². The Hall–Kier alpha value is -3.65. The Morgan fingerprint density at radius 1 is 1.06 bits per heavy atom. The van der Waals surface area contributed by atoms with E-state index in [2.05, 4.69) is 34.2 Å². The monoisotopic (exact) mass is 471 g/mol. The normalized spacial score (nSPS) is 12.9.